The zero-order valence-electron chi connectivity index (χ0n) is 13.0. The molecule has 0 saturated carbocycles. The molecule has 0 fully saturated rings. The molecule has 1 aromatic carbocycles. The summed E-state index contributed by atoms with van der Waals surface area (Å²) in [5.41, 5.74) is 0.803. The molecule has 118 valence electrons. The number of hydrogen-bond donors (Lipinski definition) is 1. The molecule has 22 heavy (non-hydrogen) atoms. The Labute approximate surface area is 141 Å². The van der Waals surface area contributed by atoms with Crippen molar-refractivity contribution in [2.24, 2.45) is 0 Å². The van der Waals surface area contributed by atoms with Gasteiger partial charge in [-0.3, -0.25) is 0 Å². The summed E-state index contributed by atoms with van der Waals surface area (Å²) in [6.45, 7) is 5.03. The van der Waals surface area contributed by atoms with E-state index < -0.39 is 0 Å². The van der Waals surface area contributed by atoms with Crippen LogP contribution in [0.25, 0.3) is 0 Å². The first-order valence-electron chi connectivity index (χ1n) is 7.28. The van der Waals surface area contributed by atoms with E-state index in [0.29, 0.717) is 10.0 Å². The van der Waals surface area contributed by atoms with E-state index in [9.17, 15) is 0 Å². The minimum atomic E-state index is 0.584. The van der Waals surface area contributed by atoms with Crippen LogP contribution in [-0.4, -0.2) is 23.6 Å². The van der Waals surface area contributed by atoms with E-state index in [2.05, 4.69) is 27.1 Å². The van der Waals surface area contributed by atoms with Gasteiger partial charge < -0.3 is 10.2 Å². The molecule has 1 N–H and O–H groups in total. The Hall–Kier alpha value is -1.52. The van der Waals surface area contributed by atoms with Crippen LogP contribution in [0, 0.1) is 6.92 Å². The van der Waals surface area contributed by atoms with Crippen LogP contribution < -0.4 is 10.2 Å². The normalized spacial score (nSPS) is 10.6. The van der Waals surface area contributed by atoms with Gasteiger partial charge in [-0.25, -0.2) is 9.97 Å². The van der Waals surface area contributed by atoms with Crippen molar-refractivity contribution in [3.8, 4) is 0 Å². The lowest BCUT2D eigenvalue weighted by Gasteiger charge is -2.19. The SMILES string of the molecule is CCCCN(C)c1cc(Nc2cc(Cl)cc(Cl)c2)nc(C)n1. The number of benzene rings is 1. The predicted molar refractivity (Wildman–Crippen MR) is 94.7 cm³/mol. The molecule has 0 saturated heterocycles. The zero-order valence-corrected chi connectivity index (χ0v) is 14.5. The smallest absolute Gasteiger partial charge is 0.136 e. The third-order valence-corrected chi connectivity index (χ3v) is 3.63. The topological polar surface area (TPSA) is 41.0 Å². The predicted octanol–water partition coefficient (Wildman–Crippen LogP) is 5.07. The number of nitrogens with one attached hydrogen (secondary N) is 1. The maximum atomic E-state index is 6.02. The monoisotopic (exact) mass is 338 g/mol. The molecule has 0 atom stereocenters. The van der Waals surface area contributed by atoms with Crippen LogP contribution in [0.15, 0.2) is 24.3 Å². The van der Waals surface area contributed by atoms with Crippen LogP contribution in [0.3, 0.4) is 0 Å². The van der Waals surface area contributed by atoms with Crippen LogP contribution in [0.1, 0.15) is 25.6 Å². The van der Waals surface area contributed by atoms with E-state index >= 15 is 0 Å². The van der Waals surface area contributed by atoms with Crippen molar-refractivity contribution in [1.82, 2.24) is 9.97 Å². The highest BCUT2D eigenvalue weighted by Crippen LogP contribution is 2.25. The standard InChI is InChI=1S/C16H20Cl2N4/c1-4-5-6-22(3)16-10-15(19-11(2)20-16)21-14-8-12(17)7-13(18)9-14/h7-10H,4-6H2,1-3H3,(H,19,20,21). The van der Waals surface area contributed by atoms with Crippen molar-refractivity contribution in [1.29, 1.82) is 0 Å². The van der Waals surface area contributed by atoms with Crippen molar-refractivity contribution in [3.63, 3.8) is 0 Å². The second-order valence-electron chi connectivity index (χ2n) is 5.22. The minimum Gasteiger partial charge on any atom is -0.360 e. The largest absolute Gasteiger partial charge is 0.360 e. The van der Waals surface area contributed by atoms with Gasteiger partial charge in [0.15, 0.2) is 0 Å². The van der Waals surface area contributed by atoms with Gasteiger partial charge >= 0.3 is 0 Å². The number of anilines is 3. The van der Waals surface area contributed by atoms with Crippen molar-refractivity contribution in [3.05, 3.63) is 40.1 Å². The van der Waals surface area contributed by atoms with E-state index in [-0.39, 0.29) is 0 Å². The number of aryl methyl sites for hydroxylation is 1. The molecule has 2 aromatic rings. The van der Waals surface area contributed by atoms with Gasteiger partial charge in [-0.15, -0.1) is 0 Å². The van der Waals surface area contributed by atoms with Crippen molar-refractivity contribution >= 4 is 40.5 Å². The highest BCUT2D eigenvalue weighted by atomic mass is 35.5. The maximum absolute atomic E-state index is 6.02. The molecule has 0 aliphatic carbocycles. The number of nitrogens with zero attached hydrogens (tertiary/aromatic N) is 3. The van der Waals surface area contributed by atoms with E-state index in [4.69, 9.17) is 23.2 Å². The summed E-state index contributed by atoms with van der Waals surface area (Å²) in [6.07, 6.45) is 2.28. The first-order valence-corrected chi connectivity index (χ1v) is 8.03. The molecule has 0 bridgehead atoms. The van der Waals surface area contributed by atoms with Gasteiger partial charge in [-0.05, 0) is 31.5 Å². The molecular formula is C16H20Cl2N4. The minimum absolute atomic E-state index is 0.584. The summed E-state index contributed by atoms with van der Waals surface area (Å²) in [5, 5.41) is 4.40. The Morgan fingerprint density at radius 1 is 1.09 bits per heavy atom. The second-order valence-corrected chi connectivity index (χ2v) is 6.09. The zero-order chi connectivity index (χ0) is 16.1. The Morgan fingerprint density at radius 3 is 2.41 bits per heavy atom. The van der Waals surface area contributed by atoms with Gasteiger partial charge in [0, 0.05) is 35.4 Å². The molecule has 2 rings (SSSR count). The number of unbranched alkanes of at least 4 members (excludes halogenated alkanes) is 1. The van der Waals surface area contributed by atoms with Gasteiger partial charge in [-0.1, -0.05) is 36.5 Å². The average molecular weight is 339 g/mol. The summed E-state index contributed by atoms with van der Waals surface area (Å²) >= 11 is 12.0. The van der Waals surface area contributed by atoms with Gasteiger partial charge in [0.2, 0.25) is 0 Å². The summed E-state index contributed by atoms with van der Waals surface area (Å²) in [4.78, 5) is 11.0. The van der Waals surface area contributed by atoms with Crippen LogP contribution in [-0.2, 0) is 0 Å². The lowest BCUT2D eigenvalue weighted by Crippen LogP contribution is -2.20. The van der Waals surface area contributed by atoms with E-state index in [1.54, 1.807) is 6.07 Å². The fourth-order valence-corrected chi connectivity index (χ4v) is 2.62. The Kier molecular flexibility index (Phi) is 5.86. The van der Waals surface area contributed by atoms with Gasteiger partial charge in [-0.2, -0.15) is 0 Å². The number of aromatic nitrogens is 2. The van der Waals surface area contributed by atoms with E-state index in [1.165, 1.54) is 0 Å². The number of rotatable bonds is 6. The molecular weight excluding hydrogens is 319 g/mol. The lowest BCUT2D eigenvalue weighted by atomic mass is 10.3. The Bertz CT molecular complexity index is 626. The van der Waals surface area contributed by atoms with E-state index in [1.807, 2.05) is 32.2 Å². The quantitative estimate of drug-likeness (QED) is 0.798. The summed E-state index contributed by atoms with van der Waals surface area (Å²) in [7, 11) is 2.04. The molecule has 0 amide bonds. The molecule has 0 aliphatic rings. The highest BCUT2D eigenvalue weighted by Gasteiger charge is 2.07. The summed E-state index contributed by atoms with van der Waals surface area (Å²) in [5.74, 6) is 2.34. The van der Waals surface area contributed by atoms with Crippen LogP contribution in [0.4, 0.5) is 17.3 Å². The fraction of sp³-hybridized carbons (Fsp3) is 0.375. The molecule has 0 spiro atoms. The van der Waals surface area contributed by atoms with Gasteiger partial charge in [0.1, 0.15) is 17.5 Å². The Morgan fingerprint density at radius 2 is 1.77 bits per heavy atom. The summed E-state index contributed by atoms with van der Waals surface area (Å²) in [6, 6.07) is 7.25. The van der Waals surface area contributed by atoms with Gasteiger partial charge in [0.25, 0.3) is 0 Å². The Balaban J connectivity index is 2.22. The van der Waals surface area contributed by atoms with E-state index in [0.717, 1.165) is 42.5 Å². The third-order valence-electron chi connectivity index (χ3n) is 3.20. The fourth-order valence-electron chi connectivity index (χ4n) is 2.10. The molecule has 1 heterocycles. The number of hydrogen-bond acceptors (Lipinski definition) is 4. The van der Waals surface area contributed by atoms with Crippen LogP contribution in [0.2, 0.25) is 10.0 Å². The lowest BCUT2D eigenvalue weighted by molar-refractivity contribution is 0.756. The first kappa shape index (κ1) is 16.8. The molecule has 0 radical (unpaired) electrons. The van der Waals surface area contributed by atoms with Crippen LogP contribution in [0.5, 0.6) is 0 Å². The number of halogens is 2. The molecule has 0 unspecified atom stereocenters. The highest BCUT2D eigenvalue weighted by molar-refractivity contribution is 6.35. The first-order chi connectivity index (χ1) is 10.5. The van der Waals surface area contributed by atoms with Crippen LogP contribution >= 0.6 is 23.2 Å². The molecule has 1 aromatic heterocycles. The van der Waals surface area contributed by atoms with Crippen molar-refractivity contribution in [2.45, 2.75) is 26.7 Å². The molecule has 4 nitrogen and oxygen atoms in total. The average Bonchev–Trinajstić information content (AvgIpc) is 2.42. The maximum Gasteiger partial charge on any atom is 0.136 e. The second kappa shape index (κ2) is 7.65. The summed E-state index contributed by atoms with van der Waals surface area (Å²) < 4.78 is 0. The van der Waals surface area contributed by atoms with Crippen molar-refractivity contribution in [2.75, 3.05) is 23.8 Å². The molecule has 0 aliphatic heterocycles. The van der Waals surface area contributed by atoms with Gasteiger partial charge in [0.05, 0.1) is 0 Å². The van der Waals surface area contributed by atoms with Crippen molar-refractivity contribution < 1.29 is 0 Å². The third kappa shape index (κ3) is 4.75. The molecule has 6 heteroatoms.